The van der Waals surface area contributed by atoms with Crippen molar-refractivity contribution in [3.05, 3.63) is 51.8 Å². The molecule has 1 aliphatic heterocycles. The van der Waals surface area contributed by atoms with Crippen LogP contribution < -0.4 is 5.32 Å². The molecule has 1 aromatic carbocycles. The SMILES string of the molecule is CC(NC(=O)C1CCCN1S(=O)(=O)c1cccs1)c1ccc(Br)cc1. The summed E-state index contributed by atoms with van der Waals surface area (Å²) in [5.41, 5.74) is 0.974. The lowest BCUT2D eigenvalue weighted by Crippen LogP contribution is -2.46. The molecule has 0 saturated carbocycles. The highest BCUT2D eigenvalue weighted by molar-refractivity contribution is 9.10. The van der Waals surface area contributed by atoms with Crippen molar-refractivity contribution in [3.8, 4) is 0 Å². The number of benzene rings is 1. The number of carbonyl (C=O) groups excluding carboxylic acids is 1. The average molecular weight is 443 g/mol. The molecule has 1 fully saturated rings. The fraction of sp³-hybridized carbons (Fsp3) is 0.353. The highest BCUT2D eigenvalue weighted by Crippen LogP contribution is 2.29. The van der Waals surface area contributed by atoms with Gasteiger partial charge in [-0.05, 0) is 48.9 Å². The summed E-state index contributed by atoms with van der Waals surface area (Å²) >= 11 is 4.56. The van der Waals surface area contributed by atoms with Crippen LogP contribution in [0.2, 0.25) is 0 Å². The highest BCUT2D eigenvalue weighted by Gasteiger charge is 2.40. The number of hydrogen-bond acceptors (Lipinski definition) is 4. The third-order valence-electron chi connectivity index (χ3n) is 4.29. The Morgan fingerprint density at radius 2 is 2.04 bits per heavy atom. The molecule has 134 valence electrons. The van der Waals surface area contributed by atoms with Crippen molar-refractivity contribution >= 4 is 43.2 Å². The molecule has 1 amide bonds. The van der Waals surface area contributed by atoms with Crippen LogP contribution in [0.1, 0.15) is 31.4 Å². The summed E-state index contributed by atoms with van der Waals surface area (Å²) in [6.07, 6.45) is 1.23. The first-order valence-corrected chi connectivity index (χ1v) is 11.1. The molecule has 0 spiro atoms. The van der Waals surface area contributed by atoms with Gasteiger partial charge in [0, 0.05) is 11.0 Å². The first-order chi connectivity index (χ1) is 11.9. The lowest BCUT2D eigenvalue weighted by Gasteiger charge is -2.24. The summed E-state index contributed by atoms with van der Waals surface area (Å²) in [6.45, 7) is 2.28. The first kappa shape index (κ1) is 18.6. The Morgan fingerprint density at radius 3 is 2.68 bits per heavy atom. The molecule has 2 aromatic rings. The maximum absolute atomic E-state index is 12.8. The summed E-state index contributed by atoms with van der Waals surface area (Å²) in [6, 6.07) is 10.2. The number of rotatable bonds is 5. The van der Waals surface area contributed by atoms with Crippen molar-refractivity contribution in [2.24, 2.45) is 0 Å². The normalized spacial score (nSPS) is 19.7. The molecule has 3 rings (SSSR count). The molecule has 1 aromatic heterocycles. The van der Waals surface area contributed by atoms with Crippen LogP contribution in [0.25, 0.3) is 0 Å². The van der Waals surface area contributed by atoms with Crippen molar-refractivity contribution in [3.63, 3.8) is 0 Å². The van der Waals surface area contributed by atoms with Gasteiger partial charge in [0.25, 0.3) is 10.0 Å². The molecule has 2 unspecified atom stereocenters. The van der Waals surface area contributed by atoms with Gasteiger partial charge in [0.05, 0.1) is 6.04 Å². The molecular formula is C17H19BrN2O3S2. The van der Waals surface area contributed by atoms with Crippen LogP contribution >= 0.6 is 27.3 Å². The molecule has 2 atom stereocenters. The Bertz CT molecular complexity index is 835. The van der Waals surface area contributed by atoms with E-state index in [0.717, 1.165) is 10.0 Å². The van der Waals surface area contributed by atoms with E-state index in [1.54, 1.807) is 17.5 Å². The van der Waals surface area contributed by atoms with Crippen LogP contribution in [0.3, 0.4) is 0 Å². The number of hydrogen-bond donors (Lipinski definition) is 1. The minimum atomic E-state index is -3.61. The van der Waals surface area contributed by atoms with Gasteiger partial charge in [-0.15, -0.1) is 11.3 Å². The maximum atomic E-state index is 12.8. The van der Waals surface area contributed by atoms with Gasteiger partial charge in [-0.2, -0.15) is 4.31 Å². The van der Waals surface area contributed by atoms with Crippen molar-refractivity contribution in [1.82, 2.24) is 9.62 Å². The van der Waals surface area contributed by atoms with Crippen LogP contribution in [0.15, 0.2) is 50.5 Å². The molecule has 2 heterocycles. The van der Waals surface area contributed by atoms with Crippen molar-refractivity contribution < 1.29 is 13.2 Å². The van der Waals surface area contributed by atoms with Crippen LogP contribution in [-0.4, -0.2) is 31.2 Å². The minimum Gasteiger partial charge on any atom is -0.348 e. The van der Waals surface area contributed by atoms with E-state index in [1.165, 1.54) is 15.6 Å². The van der Waals surface area contributed by atoms with Crippen LogP contribution in [-0.2, 0) is 14.8 Å². The minimum absolute atomic E-state index is 0.188. The zero-order valence-corrected chi connectivity index (χ0v) is 16.9. The maximum Gasteiger partial charge on any atom is 0.253 e. The lowest BCUT2D eigenvalue weighted by atomic mass is 10.1. The number of thiophene rings is 1. The van der Waals surface area contributed by atoms with Gasteiger partial charge in [0.1, 0.15) is 10.3 Å². The Kier molecular flexibility index (Phi) is 5.62. The van der Waals surface area contributed by atoms with Gasteiger partial charge >= 0.3 is 0 Å². The molecule has 0 aliphatic carbocycles. The number of amides is 1. The highest BCUT2D eigenvalue weighted by atomic mass is 79.9. The zero-order chi connectivity index (χ0) is 18.0. The van der Waals surface area contributed by atoms with E-state index >= 15 is 0 Å². The van der Waals surface area contributed by atoms with Crippen molar-refractivity contribution in [1.29, 1.82) is 0 Å². The molecule has 25 heavy (non-hydrogen) atoms. The van der Waals surface area contributed by atoms with Gasteiger partial charge in [0.2, 0.25) is 5.91 Å². The number of sulfonamides is 1. The molecule has 1 N–H and O–H groups in total. The lowest BCUT2D eigenvalue weighted by molar-refractivity contribution is -0.124. The predicted molar refractivity (Wildman–Crippen MR) is 102 cm³/mol. The van der Waals surface area contributed by atoms with E-state index in [4.69, 9.17) is 0 Å². The summed E-state index contributed by atoms with van der Waals surface area (Å²) in [5, 5.41) is 4.68. The number of halogens is 1. The Hall–Kier alpha value is -1.22. The quantitative estimate of drug-likeness (QED) is 0.769. The van der Waals surface area contributed by atoms with Crippen molar-refractivity contribution in [2.45, 2.75) is 36.1 Å². The van der Waals surface area contributed by atoms with E-state index in [-0.39, 0.29) is 16.2 Å². The van der Waals surface area contributed by atoms with Gasteiger partial charge < -0.3 is 5.32 Å². The fourth-order valence-electron chi connectivity index (χ4n) is 2.96. The molecule has 0 bridgehead atoms. The third-order valence-corrected chi connectivity index (χ3v) is 8.10. The number of carbonyl (C=O) groups is 1. The van der Waals surface area contributed by atoms with Crippen LogP contribution in [0, 0.1) is 0 Å². The molecule has 1 aliphatic rings. The molecule has 8 heteroatoms. The van der Waals surface area contributed by atoms with Crippen molar-refractivity contribution in [2.75, 3.05) is 6.54 Å². The topological polar surface area (TPSA) is 66.5 Å². The van der Waals surface area contributed by atoms with E-state index in [9.17, 15) is 13.2 Å². The third kappa shape index (κ3) is 3.97. The molecular weight excluding hydrogens is 424 g/mol. The van der Waals surface area contributed by atoms with E-state index in [1.807, 2.05) is 31.2 Å². The smallest absolute Gasteiger partial charge is 0.253 e. The Labute approximate surface area is 160 Å². The Balaban J connectivity index is 1.74. The van der Waals surface area contributed by atoms with Gasteiger partial charge in [0.15, 0.2) is 0 Å². The average Bonchev–Trinajstić information content (AvgIpc) is 3.27. The van der Waals surface area contributed by atoms with E-state index in [2.05, 4.69) is 21.2 Å². The van der Waals surface area contributed by atoms with E-state index < -0.39 is 16.1 Å². The Morgan fingerprint density at radius 1 is 1.32 bits per heavy atom. The monoisotopic (exact) mass is 442 g/mol. The summed E-state index contributed by atoms with van der Waals surface area (Å²) < 4.78 is 28.1. The number of nitrogens with zero attached hydrogens (tertiary/aromatic N) is 1. The standard InChI is InChI=1S/C17H19BrN2O3S2/c1-12(13-6-8-14(18)9-7-13)19-17(21)15-4-2-10-20(15)25(22,23)16-5-3-11-24-16/h3,5-9,11-12,15H,2,4,10H2,1H3,(H,19,21). The van der Waals surface area contributed by atoms with Crippen LogP contribution in [0.5, 0.6) is 0 Å². The van der Waals surface area contributed by atoms with E-state index in [0.29, 0.717) is 19.4 Å². The van der Waals surface area contributed by atoms with Gasteiger partial charge in [-0.3, -0.25) is 4.79 Å². The fourth-order valence-corrected chi connectivity index (χ4v) is 6.00. The summed E-state index contributed by atoms with van der Waals surface area (Å²) in [5.74, 6) is -0.243. The van der Waals surface area contributed by atoms with Gasteiger partial charge in [-0.25, -0.2) is 8.42 Å². The second-order valence-electron chi connectivity index (χ2n) is 5.99. The van der Waals surface area contributed by atoms with Gasteiger partial charge in [-0.1, -0.05) is 34.1 Å². The predicted octanol–water partition coefficient (Wildman–Crippen LogP) is 3.54. The first-order valence-electron chi connectivity index (χ1n) is 8.01. The zero-order valence-electron chi connectivity index (χ0n) is 13.7. The summed E-state index contributed by atoms with van der Waals surface area (Å²) in [4.78, 5) is 12.7. The molecule has 5 nitrogen and oxygen atoms in total. The molecule has 1 saturated heterocycles. The largest absolute Gasteiger partial charge is 0.348 e. The summed E-state index contributed by atoms with van der Waals surface area (Å²) in [7, 11) is -3.61. The van der Waals surface area contributed by atoms with Crippen LogP contribution in [0.4, 0.5) is 0 Å². The molecule has 0 radical (unpaired) electrons. The second kappa shape index (κ2) is 7.57. The number of nitrogens with one attached hydrogen (secondary N) is 1. The second-order valence-corrected chi connectivity index (χ2v) is 9.97.